The van der Waals surface area contributed by atoms with Crippen molar-refractivity contribution in [3.63, 3.8) is 0 Å². The third-order valence-electron chi connectivity index (χ3n) is 1.74. The van der Waals surface area contributed by atoms with Crippen LogP contribution in [0.1, 0.15) is 17.7 Å². The number of hydrogen-bond donors (Lipinski definition) is 2. The zero-order valence-corrected chi connectivity index (χ0v) is 11.9. The molecule has 1 aromatic rings. The van der Waals surface area contributed by atoms with Crippen LogP contribution in [0.5, 0.6) is 0 Å². The number of thiophene rings is 1. The molecule has 84 valence electrons. The summed E-state index contributed by atoms with van der Waals surface area (Å²) < 4.78 is 2.15. The highest BCUT2D eigenvalue weighted by molar-refractivity contribution is 9.13. The lowest BCUT2D eigenvalue weighted by molar-refractivity contribution is -0.137. The Morgan fingerprint density at radius 1 is 1.53 bits per heavy atom. The summed E-state index contributed by atoms with van der Waals surface area (Å²) in [6, 6.07) is 2.05. The van der Waals surface area contributed by atoms with Gasteiger partial charge in [0, 0.05) is 22.3 Å². The summed E-state index contributed by atoms with van der Waals surface area (Å²) in [5.41, 5.74) is 0. The zero-order valence-electron chi connectivity index (χ0n) is 7.93. The monoisotopic (exact) mass is 355 g/mol. The molecule has 0 amide bonds. The van der Waals surface area contributed by atoms with E-state index in [2.05, 4.69) is 43.2 Å². The molecule has 0 saturated heterocycles. The minimum atomic E-state index is -0.738. The van der Waals surface area contributed by atoms with Crippen molar-refractivity contribution < 1.29 is 9.90 Å². The molecule has 1 heterocycles. The topological polar surface area (TPSA) is 49.3 Å². The van der Waals surface area contributed by atoms with Crippen LogP contribution < -0.4 is 5.32 Å². The fourth-order valence-electron chi connectivity index (χ4n) is 1.05. The van der Waals surface area contributed by atoms with Crippen molar-refractivity contribution in [2.75, 3.05) is 6.54 Å². The van der Waals surface area contributed by atoms with Crippen molar-refractivity contribution in [1.82, 2.24) is 5.32 Å². The standard InChI is InChI=1S/C9H11Br2NO2S/c10-7-4-6(15-9(7)11)5-12-3-1-2-8(13)14/h4,12H,1-3,5H2,(H,13,14). The second-order valence-electron chi connectivity index (χ2n) is 3.01. The summed E-state index contributed by atoms with van der Waals surface area (Å²) in [5, 5.41) is 11.6. The number of hydrogen-bond acceptors (Lipinski definition) is 3. The third kappa shape index (κ3) is 5.10. The summed E-state index contributed by atoms with van der Waals surface area (Å²) in [6.07, 6.45) is 0.897. The zero-order chi connectivity index (χ0) is 11.3. The maximum Gasteiger partial charge on any atom is 0.303 e. The summed E-state index contributed by atoms with van der Waals surface area (Å²) in [4.78, 5) is 11.5. The van der Waals surface area contributed by atoms with Gasteiger partial charge < -0.3 is 10.4 Å². The molecule has 0 fully saturated rings. The van der Waals surface area contributed by atoms with E-state index >= 15 is 0 Å². The Bertz CT molecular complexity index is 321. The first-order valence-electron chi connectivity index (χ1n) is 4.46. The molecule has 0 saturated carbocycles. The Hall–Kier alpha value is 0.0900. The molecule has 0 atom stereocenters. The molecule has 2 N–H and O–H groups in total. The van der Waals surface area contributed by atoms with Crippen molar-refractivity contribution in [3.8, 4) is 0 Å². The molecule has 0 bridgehead atoms. The Morgan fingerprint density at radius 2 is 2.27 bits per heavy atom. The van der Waals surface area contributed by atoms with Crippen LogP contribution in [0, 0.1) is 0 Å². The summed E-state index contributed by atoms with van der Waals surface area (Å²) in [6.45, 7) is 1.52. The third-order valence-corrected chi connectivity index (χ3v) is 5.00. The lowest BCUT2D eigenvalue weighted by Crippen LogP contribution is -2.14. The Kier molecular flexibility index (Phi) is 5.81. The van der Waals surface area contributed by atoms with Gasteiger partial charge >= 0.3 is 5.97 Å². The number of rotatable bonds is 6. The van der Waals surface area contributed by atoms with Gasteiger partial charge in [-0.25, -0.2) is 0 Å². The largest absolute Gasteiger partial charge is 0.481 e. The molecule has 1 rings (SSSR count). The number of carboxylic acid groups (broad SMARTS) is 1. The van der Waals surface area contributed by atoms with Crippen molar-refractivity contribution in [3.05, 3.63) is 19.2 Å². The van der Waals surface area contributed by atoms with Gasteiger partial charge in [-0.15, -0.1) is 11.3 Å². The van der Waals surface area contributed by atoms with Crippen LogP contribution in [-0.4, -0.2) is 17.6 Å². The fourth-order valence-corrected chi connectivity index (χ4v) is 3.20. The second-order valence-corrected chi connectivity index (χ2v) is 6.32. The molecule has 0 spiro atoms. The van der Waals surface area contributed by atoms with Gasteiger partial charge in [-0.3, -0.25) is 4.79 Å². The quantitative estimate of drug-likeness (QED) is 0.769. The molecule has 0 aliphatic carbocycles. The van der Waals surface area contributed by atoms with E-state index in [9.17, 15) is 4.79 Å². The SMILES string of the molecule is O=C(O)CCCNCc1cc(Br)c(Br)s1. The highest BCUT2D eigenvalue weighted by atomic mass is 79.9. The summed E-state index contributed by atoms with van der Waals surface area (Å²) >= 11 is 8.51. The first-order valence-corrected chi connectivity index (χ1v) is 6.86. The van der Waals surface area contributed by atoms with Gasteiger partial charge in [-0.05, 0) is 50.9 Å². The molecule has 0 radical (unpaired) electrons. The van der Waals surface area contributed by atoms with Gasteiger partial charge in [-0.1, -0.05) is 0 Å². The predicted molar refractivity (Wildman–Crippen MR) is 68.3 cm³/mol. The maximum absolute atomic E-state index is 10.2. The minimum Gasteiger partial charge on any atom is -0.481 e. The van der Waals surface area contributed by atoms with Gasteiger partial charge in [0.2, 0.25) is 0 Å². The Morgan fingerprint density at radius 3 is 2.80 bits per heavy atom. The molecule has 0 aliphatic rings. The normalized spacial score (nSPS) is 10.5. The molecular formula is C9H11Br2NO2S. The lowest BCUT2D eigenvalue weighted by atomic mass is 10.3. The molecule has 15 heavy (non-hydrogen) atoms. The first kappa shape index (κ1) is 13.2. The molecule has 0 aromatic carbocycles. The van der Waals surface area contributed by atoms with Crippen molar-refractivity contribution >= 4 is 49.2 Å². The number of nitrogens with one attached hydrogen (secondary N) is 1. The van der Waals surface area contributed by atoms with E-state index in [1.165, 1.54) is 4.88 Å². The highest BCUT2D eigenvalue weighted by Gasteiger charge is 2.03. The van der Waals surface area contributed by atoms with Crippen LogP contribution >= 0.6 is 43.2 Å². The average molecular weight is 357 g/mol. The minimum absolute atomic E-state index is 0.227. The molecular weight excluding hydrogens is 346 g/mol. The molecule has 3 nitrogen and oxygen atoms in total. The van der Waals surface area contributed by atoms with Gasteiger partial charge in [0.1, 0.15) is 0 Å². The van der Waals surface area contributed by atoms with Crippen LogP contribution in [0.3, 0.4) is 0 Å². The van der Waals surface area contributed by atoms with Gasteiger partial charge in [0.25, 0.3) is 0 Å². The van der Waals surface area contributed by atoms with Crippen LogP contribution in [0.15, 0.2) is 14.3 Å². The average Bonchev–Trinajstić information content (AvgIpc) is 2.45. The number of halogens is 2. The van der Waals surface area contributed by atoms with Gasteiger partial charge in [-0.2, -0.15) is 0 Å². The smallest absolute Gasteiger partial charge is 0.303 e. The van der Waals surface area contributed by atoms with Crippen molar-refractivity contribution in [1.29, 1.82) is 0 Å². The first-order chi connectivity index (χ1) is 7.09. The maximum atomic E-state index is 10.2. The Labute approximate surface area is 109 Å². The van der Waals surface area contributed by atoms with Crippen molar-refractivity contribution in [2.45, 2.75) is 19.4 Å². The van der Waals surface area contributed by atoms with E-state index in [0.717, 1.165) is 21.3 Å². The summed E-state index contributed by atoms with van der Waals surface area (Å²) in [5.74, 6) is -0.738. The molecule has 0 unspecified atom stereocenters. The number of carbonyl (C=O) groups is 1. The van der Waals surface area contributed by atoms with Gasteiger partial charge in [0.05, 0.1) is 3.79 Å². The molecule has 0 aliphatic heterocycles. The Balaban J connectivity index is 2.18. The highest BCUT2D eigenvalue weighted by Crippen LogP contribution is 2.32. The van der Waals surface area contributed by atoms with E-state index in [4.69, 9.17) is 5.11 Å². The van der Waals surface area contributed by atoms with E-state index in [1.807, 2.05) is 0 Å². The number of aliphatic carboxylic acids is 1. The van der Waals surface area contributed by atoms with E-state index < -0.39 is 5.97 Å². The molecule has 6 heteroatoms. The van der Waals surface area contributed by atoms with Crippen molar-refractivity contribution in [2.24, 2.45) is 0 Å². The van der Waals surface area contributed by atoms with Crippen LogP contribution in [0.25, 0.3) is 0 Å². The summed E-state index contributed by atoms with van der Waals surface area (Å²) in [7, 11) is 0. The van der Waals surface area contributed by atoms with Gasteiger partial charge in [0.15, 0.2) is 0 Å². The van der Waals surface area contributed by atoms with E-state index in [0.29, 0.717) is 6.42 Å². The second kappa shape index (κ2) is 6.62. The van der Waals surface area contributed by atoms with E-state index in [1.54, 1.807) is 11.3 Å². The molecule has 1 aromatic heterocycles. The lowest BCUT2D eigenvalue weighted by Gasteiger charge is -2.00. The van der Waals surface area contributed by atoms with E-state index in [-0.39, 0.29) is 6.42 Å². The van der Waals surface area contributed by atoms with Crippen LogP contribution in [0.4, 0.5) is 0 Å². The predicted octanol–water partition coefficient (Wildman–Crippen LogP) is 3.23. The van der Waals surface area contributed by atoms with Crippen LogP contribution in [0.2, 0.25) is 0 Å². The fraction of sp³-hybridized carbons (Fsp3) is 0.444. The number of carboxylic acids is 1. The van der Waals surface area contributed by atoms with Crippen LogP contribution in [-0.2, 0) is 11.3 Å².